The quantitative estimate of drug-likeness (QED) is 0.870. The minimum Gasteiger partial charge on any atom is -0.273 e. The molecule has 18 heavy (non-hydrogen) atoms. The van der Waals surface area contributed by atoms with Crippen molar-refractivity contribution in [3.63, 3.8) is 0 Å². The molecule has 0 aliphatic heterocycles. The number of fused-ring (bicyclic) bond motifs is 1. The average molecular weight is 245 g/mol. The zero-order chi connectivity index (χ0) is 13.3. The number of aromatic nitrogens is 2. The first-order valence-corrected chi connectivity index (χ1v) is 5.80. The first-order valence-electron chi connectivity index (χ1n) is 5.80. The Balaban J connectivity index is 2.58. The summed E-state index contributed by atoms with van der Waals surface area (Å²) in [5.74, 6) is 0.0627. The van der Waals surface area contributed by atoms with Crippen molar-refractivity contribution in [3.8, 4) is 0 Å². The van der Waals surface area contributed by atoms with E-state index in [2.05, 4.69) is 10.4 Å². The lowest BCUT2D eigenvalue weighted by atomic mass is 10.2. The third-order valence-electron chi connectivity index (χ3n) is 2.69. The normalized spacial score (nSPS) is 10.9. The van der Waals surface area contributed by atoms with Gasteiger partial charge in [-0.1, -0.05) is 26.0 Å². The lowest BCUT2D eigenvalue weighted by Crippen LogP contribution is -2.37. The number of carbonyl (C=O) groups is 1. The number of aryl methyl sites for hydroxylation is 1. The molecule has 1 heterocycles. The topological polar surface area (TPSA) is 64.0 Å². The summed E-state index contributed by atoms with van der Waals surface area (Å²) >= 11 is 0. The van der Waals surface area contributed by atoms with Crippen LogP contribution in [0.4, 0.5) is 0 Å². The number of benzene rings is 1. The molecule has 0 radical (unpaired) electrons. The number of carbonyl (C=O) groups excluding carboxylic acids is 1. The SMILES string of the molecule is Cc1nc2ccccc2c(=O)n1NC(=O)C(C)C. The first-order chi connectivity index (χ1) is 8.50. The summed E-state index contributed by atoms with van der Waals surface area (Å²) in [6.07, 6.45) is 0. The predicted molar refractivity (Wildman–Crippen MR) is 69.9 cm³/mol. The van der Waals surface area contributed by atoms with Crippen molar-refractivity contribution in [2.75, 3.05) is 5.43 Å². The summed E-state index contributed by atoms with van der Waals surface area (Å²) in [4.78, 5) is 28.2. The van der Waals surface area contributed by atoms with Crippen molar-refractivity contribution in [1.82, 2.24) is 9.66 Å². The van der Waals surface area contributed by atoms with Crippen LogP contribution < -0.4 is 11.0 Å². The molecule has 2 rings (SSSR count). The van der Waals surface area contributed by atoms with Crippen molar-refractivity contribution in [2.24, 2.45) is 5.92 Å². The van der Waals surface area contributed by atoms with E-state index in [4.69, 9.17) is 0 Å². The van der Waals surface area contributed by atoms with Crippen LogP contribution in [-0.4, -0.2) is 15.6 Å². The number of hydrogen-bond acceptors (Lipinski definition) is 3. The fourth-order valence-corrected chi connectivity index (χ4v) is 1.61. The Morgan fingerprint density at radius 3 is 2.67 bits per heavy atom. The summed E-state index contributed by atoms with van der Waals surface area (Å²) in [5, 5.41) is 0.493. The van der Waals surface area contributed by atoms with Gasteiger partial charge < -0.3 is 0 Å². The molecule has 94 valence electrons. The van der Waals surface area contributed by atoms with E-state index in [0.29, 0.717) is 16.7 Å². The lowest BCUT2D eigenvalue weighted by Gasteiger charge is -2.13. The molecular formula is C13H15N3O2. The summed E-state index contributed by atoms with van der Waals surface area (Å²) < 4.78 is 1.20. The maximum absolute atomic E-state index is 12.2. The summed E-state index contributed by atoms with van der Waals surface area (Å²) in [6.45, 7) is 5.23. The van der Waals surface area contributed by atoms with Gasteiger partial charge in [0.25, 0.3) is 5.56 Å². The molecular weight excluding hydrogens is 230 g/mol. The van der Waals surface area contributed by atoms with Crippen LogP contribution in [0.2, 0.25) is 0 Å². The molecule has 0 unspecified atom stereocenters. The molecule has 5 heteroatoms. The fourth-order valence-electron chi connectivity index (χ4n) is 1.61. The van der Waals surface area contributed by atoms with E-state index in [1.54, 1.807) is 39.0 Å². The van der Waals surface area contributed by atoms with Gasteiger partial charge in [-0.05, 0) is 19.1 Å². The van der Waals surface area contributed by atoms with Crippen LogP contribution in [0.3, 0.4) is 0 Å². The van der Waals surface area contributed by atoms with E-state index in [9.17, 15) is 9.59 Å². The molecule has 1 aromatic heterocycles. The largest absolute Gasteiger partial charge is 0.280 e. The van der Waals surface area contributed by atoms with Gasteiger partial charge in [0.1, 0.15) is 5.82 Å². The fraction of sp³-hybridized carbons (Fsp3) is 0.308. The Bertz CT molecular complexity index is 659. The molecule has 0 saturated carbocycles. The van der Waals surface area contributed by atoms with Crippen LogP contribution in [0, 0.1) is 12.8 Å². The number of para-hydroxylation sites is 1. The maximum Gasteiger partial charge on any atom is 0.280 e. The minimum atomic E-state index is -0.257. The molecule has 5 nitrogen and oxygen atoms in total. The molecule has 0 atom stereocenters. The maximum atomic E-state index is 12.2. The van der Waals surface area contributed by atoms with Gasteiger partial charge in [-0.25, -0.2) is 9.66 Å². The van der Waals surface area contributed by atoms with Gasteiger partial charge in [0.05, 0.1) is 10.9 Å². The second kappa shape index (κ2) is 4.60. The number of amides is 1. The molecule has 2 aromatic rings. The Labute approximate surface area is 104 Å². The molecule has 0 saturated heterocycles. The van der Waals surface area contributed by atoms with Crippen LogP contribution in [0.5, 0.6) is 0 Å². The van der Waals surface area contributed by atoms with E-state index >= 15 is 0 Å². The number of nitrogens with zero attached hydrogens (tertiary/aromatic N) is 2. The van der Waals surface area contributed by atoms with Gasteiger partial charge in [-0.3, -0.25) is 15.0 Å². The Morgan fingerprint density at radius 2 is 2.00 bits per heavy atom. The predicted octanol–water partition coefficient (Wildman–Crippen LogP) is 1.43. The molecule has 0 fully saturated rings. The smallest absolute Gasteiger partial charge is 0.273 e. The van der Waals surface area contributed by atoms with Crippen LogP contribution >= 0.6 is 0 Å². The van der Waals surface area contributed by atoms with Crippen LogP contribution in [0.25, 0.3) is 10.9 Å². The highest BCUT2D eigenvalue weighted by Crippen LogP contribution is 2.06. The molecule has 1 amide bonds. The highest BCUT2D eigenvalue weighted by Gasteiger charge is 2.12. The Morgan fingerprint density at radius 1 is 1.33 bits per heavy atom. The van der Waals surface area contributed by atoms with Crippen LogP contribution in [0.15, 0.2) is 29.1 Å². The van der Waals surface area contributed by atoms with E-state index in [-0.39, 0.29) is 17.4 Å². The number of hydrogen-bond donors (Lipinski definition) is 1. The van der Waals surface area contributed by atoms with Crippen molar-refractivity contribution >= 4 is 16.8 Å². The molecule has 0 spiro atoms. The summed E-state index contributed by atoms with van der Waals surface area (Å²) in [5.41, 5.74) is 2.95. The van der Waals surface area contributed by atoms with Crippen molar-refractivity contribution in [2.45, 2.75) is 20.8 Å². The van der Waals surface area contributed by atoms with E-state index in [1.165, 1.54) is 4.68 Å². The molecule has 1 aromatic carbocycles. The van der Waals surface area contributed by atoms with Crippen LogP contribution in [-0.2, 0) is 4.79 Å². The van der Waals surface area contributed by atoms with Gasteiger partial charge in [-0.2, -0.15) is 0 Å². The molecule has 0 aliphatic carbocycles. The van der Waals surface area contributed by atoms with E-state index < -0.39 is 0 Å². The standard InChI is InChI=1S/C13H15N3O2/c1-8(2)12(17)15-16-9(3)14-11-7-5-4-6-10(11)13(16)18/h4-8H,1-3H3,(H,15,17). The van der Waals surface area contributed by atoms with Crippen molar-refractivity contribution in [3.05, 3.63) is 40.4 Å². The highest BCUT2D eigenvalue weighted by atomic mass is 16.2. The summed E-state index contributed by atoms with van der Waals surface area (Å²) in [6, 6.07) is 7.07. The van der Waals surface area contributed by atoms with Crippen molar-refractivity contribution < 1.29 is 4.79 Å². The third-order valence-corrected chi connectivity index (χ3v) is 2.69. The van der Waals surface area contributed by atoms with E-state index in [0.717, 1.165) is 0 Å². The number of nitrogens with one attached hydrogen (secondary N) is 1. The zero-order valence-corrected chi connectivity index (χ0v) is 10.6. The monoisotopic (exact) mass is 245 g/mol. The molecule has 1 N–H and O–H groups in total. The average Bonchev–Trinajstić information content (AvgIpc) is 2.34. The highest BCUT2D eigenvalue weighted by molar-refractivity contribution is 5.86. The Kier molecular flexibility index (Phi) is 3.14. The van der Waals surface area contributed by atoms with Crippen LogP contribution in [0.1, 0.15) is 19.7 Å². The van der Waals surface area contributed by atoms with Gasteiger partial charge in [0, 0.05) is 5.92 Å². The second-order valence-electron chi connectivity index (χ2n) is 4.45. The lowest BCUT2D eigenvalue weighted by molar-refractivity contribution is -0.119. The number of rotatable bonds is 2. The first kappa shape index (κ1) is 12.3. The van der Waals surface area contributed by atoms with Crippen molar-refractivity contribution in [1.29, 1.82) is 0 Å². The minimum absolute atomic E-state index is 0.192. The third kappa shape index (κ3) is 2.11. The van der Waals surface area contributed by atoms with Gasteiger partial charge >= 0.3 is 0 Å². The van der Waals surface area contributed by atoms with Gasteiger partial charge in [-0.15, -0.1) is 0 Å². The van der Waals surface area contributed by atoms with Gasteiger partial charge in [0.2, 0.25) is 5.91 Å². The van der Waals surface area contributed by atoms with Gasteiger partial charge in [0.15, 0.2) is 0 Å². The Hall–Kier alpha value is -2.17. The zero-order valence-electron chi connectivity index (χ0n) is 10.6. The molecule has 0 bridgehead atoms. The second-order valence-corrected chi connectivity index (χ2v) is 4.45. The molecule has 0 aliphatic rings. The summed E-state index contributed by atoms with van der Waals surface area (Å²) in [7, 11) is 0. The van der Waals surface area contributed by atoms with E-state index in [1.807, 2.05) is 6.07 Å².